The smallest absolute Gasteiger partial charge is 0.141 e. The van der Waals surface area contributed by atoms with Gasteiger partial charge in [0.1, 0.15) is 12.0 Å². The van der Waals surface area contributed by atoms with Crippen LogP contribution in [0.15, 0.2) is 0 Å². The summed E-state index contributed by atoms with van der Waals surface area (Å²) in [6, 6.07) is 0. The first-order chi connectivity index (χ1) is 5.88. The molecule has 78 valence electrons. The number of rotatable bonds is 5. The van der Waals surface area contributed by atoms with Crippen molar-refractivity contribution in [1.82, 2.24) is 0 Å². The highest BCUT2D eigenvalue weighted by Gasteiger charge is 2.23. The lowest BCUT2D eigenvalue weighted by Crippen LogP contribution is -2.23. The minimum Gasteiger partial charge on any atom is -0.299 e. The van der Waals surface area contributed by atoms with E-state index in [-0.39, 0.29) is 12.2 Å². The Balaban J connectivity index is 3.79. The lowest BCUT2D eigenvalue weighted by atomic mass is 9.87. The highest BCUT2D eigenvalue weighted by atomic mass is 19.1. The topological polar surface area (TPSA) is 17.1 Å². The molecule has 0 rings (SSSR count). The molecule has 0 fully saturated rings. The molecule has 0 heterocycles. The van der Waals surface area contributed by atoms with Crippen molar-refractivity contribution in [2.75, 3.05) is 0 Å². The number of alkyl halides is 1. The summed E-state index contributed by atoms with van der Waals surface area (Å²) in [7, 11) is 0. The quantitative estimate of drug-likeness (QED) is 0.645. The Bertz CT molecular complexity index is 158. The van der Waals surface area contributed by atoms with Crippen LogP contribution < -0.4 is 0 Å². The van der Waals surface area contributed by atoms with Gasteiger partial charge in [-0.1, -0.05) is 40.5 Å². The van der Waals surface area contributed by atoms with Crippen LogP contribution in [0.2, 0.25) is 0 Å². The highest BCUT2D eigenvalue weighted by Crippen LogP contribution is 2.20. The summed E-state index contributed by atoms with van der Waals surface area (Å²) in [5, 5.41) is 0. The molecule has 0 aromatic carbocycles. The van der Waals surface area contributed by atoms with Crippen LogP contribution in [-0.4, -0.2) is 12.0 Å². The predicted octanol–water partition coefficient (Wildman–Crippen LogP) is 3.52. The molecule has 1 unspecified atom stereocenters. The predicted molar refractivity (Wildman–Crippen MR) is 53.5 cm³/mol. The second-order valence-corrected chi connectivity index (χ2v) is 4.62. The lowest BCUT2D eigenvalue weighted by molar-refractivity contribution is -0.127. The summed E-state index contributed by atoms with van der Waals surface area (Å²) < 4.78 is 13.1. The summed E-state index contributed by atoms with van der Waals surface area (Å²) >= 11 is 0. The normalized spacial score (nSPS) is 14.2. The number of hydrogen-bond acceptors (Lipinski definition) is 1. The number of hydrogen-bond donors (Lipinski definition) is 0. The van der Waals surface area contributed by atoms with Gasteiger partial charge < -0.3 is 0 Å². The zero-order valence-corrected chi connectivity index (χ0v) is 9.19. The van der Waals surface area contributed by atoms with Gasteiger partial charge in [0.15, 0.2) is 0 Å². The molecule has 0 radical (unpaired) electrons. The van der Waals surface area contributed by atoms with E-state index in [0.29, 0.717) is 6.42 Å². The van der Waals surface area contributed by atoms with Crippen LogP contribution in [0, 0.1) is 5.41 Å². The van der Waals surface area contributed by atoms with E-state index in [1.54, 1.807) is 0 Å². The van der Waals surface area contributed by atoms with Gasteiger partial charge >= 0.3 is 0 Å². The van der Waals surface area contributed by atoms with Crippen molar-refractivity contribution in [3.63, 3.8) is 0 Å². The maximum Gasteiger partial charge on any atom is 0.141 e. The summed E-state index contributed by atoms with van der Waals surface area (Å²) in [5.41, 5.74) is -0.392. The van der Waals surface area contributed by atoms with Gasteiger partial charge in [0, 0.05) is 11.8 Å². The molecule has 1 atom stereocenters. The van der Waals surface area contributed by atoms with Crippen LogP contribution in [0.5, 0.6) is 0 Å². The fourth-order valence-corrected chi connectivity index (χ4v) is 1.04. The summed E-state index contributed by atoms with van der Waals surface area (Å²) in [6.45, 7) is 7.53. The molecule has 0 N–H and O–H groups in total. The van der Waals surface area contributed by atoms with Gasteiger partial charge in [-0.3, -0.25) is 4.79 Å². The van der Waals surface area contributed by atoms with Crippen molar-refractivity contribution >= 4 is 5.78 Å². The Morgan fingerprint density at radius 3 is 2.31 bits per heavy atom. The van der Waals surface area contributed by atoms with Crippen molar-refractivity contribution < 1.29 is 9.18 Å². The van der Waals surface area contributed by atoms with Gasteiger partial charge in [-0.25, -0.2) is 4.39 Å². The Morgan fingerprint density at radius 2 is 1.92 bits per heavy atom. The van der Waals surface area contributed by atoms with E-state index in [4.69, 9.17) is 0 Å². The fraction of sp³-hybridized carbons (Fsp3) is 0.909. The maximum absolute atomic E-state index is 13.1. The number of ketones is 1. The molecule has 0 aromatic rings. The number of unbranched alkanes of at least 4 members (excludes halogenated alkanes) is 1. The van der Waals surface area contributed by atoms with Crippen molar-refractivity contribution in [2.24, 2.45) is 5.41 Å². The minimum atomic E-state index is -0.938. The van der Waals surface area contributed by atoms with Crippen LogP contribution >= 0.6 is 0 Å². The molecule has 0 saturated carbocycles. The summed E-state index contributed by atoms with van der Waals surface area (Å²) in [4.78, 5) is 11.4. The highest BCUT2D eigenvalue weighted by molar-refractivity contribution is 5.83. The number of Topliss-reactive ketones (excluding diaryl/α,β-unsaturated/α-hetero) is 1. The van der Waals surface area contributed by atoms with Gasteiger partial charge in [-0.2, -0.15) is 0 Å². The maximum atomic E-state index is 13.1. The van der Waals surface area contributed by atoms with E-state index in [0.717, 1.165) is 12.8 Å². The lowest BCUT2D eigenvalue weighted by Gasteiger charge is -2.17. The van der Waals surface area contributed by atoms with E-state index in [1.165, 1.54) is 0 Å². The third-order valence-corrected chi connectivity index (χ3v) is 2.11. The number of carbonyl (C=O) groups is 1. The largest absolute Gasteiger partial charge is 0.299 e. The average molecular weight is 188 g/mol. The Kier molecular flexibility index (Phi) is 5.19. The third kappa shape index (κ3) is 5.78. The molecule has 0 aromatic heterocycles. The number of carbonyl (C=O) groups excluding carboxylic acids is 1. The monoisotopic (exact) mass is 188 g/mol. The SMILES string of the molecule is CCCCC(F)CC(=O)C(C)(C)C. The van der Waals surface area contributed by atoms with Crippen molar-refractivity contribution in [3.8, 4) is 0 Å². The molecule has 0 amide bonds. The number of halogens is 1. The van der Waals surface area contributed by atoms with Crippen LogP contribution in [0.1, 0.15) is 53.4 Å². The first-order valence-corrected chi connectivity index (χ1v) is 5.05. The van der Waals surface area contributed by atoms with Crippen molar-refractivity contribution in [2.45, 2.75) is 59.5 Å². The van der Waals surface area contributed by atoms with Crippen LogP contribution in [0.3, 0.4) is 0 Å². The zero-order chi connectivity index (χ0) is 10.5. The molecule has 0 spiro atoms. The third-order valence-electron chi connectivity index (χ3n) is 2.11. The Hall–Kier alpha value is -0.400. The second kappa shape index (κ2) is 5.36. The molecule has 0 aliphatic rings. The van der Waals surface area contributed by atoms with Crippen molar-refractivity contribution in [3.05, 3.63) is 0 Å². The van der Waals surface area contributed by atoms with Gasteiger partial charge in [-0.15, -0.1) is 0 Å². The van der Waals surface area contributed by atoms with Gasteiger partial charge in [0.2, 0.25) is 0 Å². The van der Waals surface area contributed by atoms with E-state index < -0.39 is 11.6 Å². The van der Waals surface area contributed by atoms with Crippen LogP contribution in [0.25, 0.3) is 0 Å². The summed E-state index contributed by atoms with van der Waals surface area (Å²) in [5.74, 6) is 0.0242. The molecular formula is C11H21FO. The fourth-order valence-electron chi connectivity index (χ4n) is 1.04. The minimum absolute atomic E-state index is 0.0242. The molecule has 0 saturated heterocycles. The van der Waals surface area contributed by atoms with Gasteiger partial charge in [-0.05, 0) is 6.42 Å². The second-order valence-electron chi connectivity index (χ2n) is 4.62. The van der Waals surface area contributed by atoms with Crippen LogP contribution in [0.4, 0.5) is 4.39 Å². The zero-order valence-electron chi connectivity index (χ0n) is 9.19. The first-order valence-electron chi connectivity index (χ1n) is 5.05. The Morgan fingerprint density at radius 1 is 1.38 bits per heavy atom. The standard InChI is InChI=1S/C11H21FO/c1-5-6-7-9(12)8-10(13)11(2,3)4/h9H,5-8H2,1-4H3. The average Bonchev–Trinajstić information content (AvgIpc) is 1.99. The molecule has 0 aliphatic heterocycles. The van der Waals surface area contributed by atoms with E-state index in [9.17, 15) is 9.18 Å². The molecule has 0 bridgehead atoms. The van der Waals surface area contributed by atoms with Gasteiger partial charge in [0.25, 0.3) is 0 Å². The van der Waals surface area contributed by atoms with E-state index in [1.807, 2.05) is 27.7 Å². The van der Waals surface area contributed by atoms with E-state index in [2.05, 4.69) is 0 Å². The molecule has 1 nitrogen and oxygen atoms in total. The van der Waals surface area contributed by atoms with Crippen LogP contribution in [-0.2, 0) is 4.79 Å². The summed E-state index contributed by atoms with van der Waals surface area (Å²) in [6.07, 6.45) is 1.54. The molecular weight excluding hydrogens is 167 g/mol. The molecule has 2 heteroatoms. The van der Waals surface area contributed by atoms with Crippen molar-refractivity contribution in [1.29, 1.82) is 0 Å². The first kappa shape index (κ1) is 12.6. The Labute approximate surface area is 80.7 Å². The molecule has 0 aliphatic carbocycles. The molecule has 13 heavy (non-hydrogen) atoms. The van der Waals surface area contributed by atoms with Gasteiger partial charge in [0.05, 0.1) is 0 Å². The van der Waals surface area contributed by atoms with E-state index >= 15 is 0 Å².